The molecule has 0 unspecified atom stereocenters. The Labute approximate surface area is 148 Å². The highest BCUT2D eigenvalue weighted by Crippen LogP contribution is 2.22. The molecule has 0 aliphatic rings. The molecule has 0 atom stereocenters. The normalized spacial score (nSPS) is 10.0. The Hall–Kier alpha value is -1.09. The zero-order valence-electron chi connectivity index (χ0n) is 10.3. The lowest BCUT2D eigenvalue weighted by atomic mass is 10.3. The number of hydrogen-bond acceptors (Lipinski definition) is 2. The van der Waals surface area contributed by atoms with Crippen molar-refractivity contribution in [2.45, 2.75) is 0 Å². The number of aromatic amines is 1. The summed E-state index contributed by atoms with van der Waals surface area (Å²) in [6.45, 7) is 0. The molecule has 9 heteroatoms. The Morgan fingerprint density at radius 1 is 1.19 bits per heavy atom. The summed E-state index contributed by atoms with van der Waals surface area (Å²) in [5, 5.41) is 3.81. The van der Waals surface area contributed by atoms with E-state index in [0.717, 1.165) is 10.2 Å². The van der Waals surface area contributed by atoms with E-state index >= 15 is 0 Å². The van der Waals surface area contributed by atoms with E-state index in [2.05, 4.69) is 53.0 Å². The third-order valence-corrected chi connectivity index (χ3v) is 4.60. The Balaban J connectivity index is 1.86. The molecule has 0 spiro atoms. The standard InChI is InChI=1S/C12H9Br2ClN4OS/c13-8-5-9(17-10(8)14)11(20)18-19-12(21)16-7-3-1-6(15)2-4-7/h1-5,17H,(H,18,20)(H2,16,19,21). The van der Waals surface area contributed by atoms with Gasteiger partial charge in [0.1, 0.15) is 5.69 Å². The van der Waals surface area contributed by atoms with E-state index in [1.54, 1.807) is 30.3 Å². The van der Waals surface area contributed by atoms with Crippen molar-refractivity contribution < 1.29 is 4.79 Å². The molecule has 0 aliphatic heterocycles. The maximum Gasteiger partial charge on any atom is 0.286 e. The van der Waals surface area contributed by atoms with Gasteiger partial charge in [-0.15, -0.1) is 0 Å². The molecule has 0 aliphatic carbocycles. The van der Waals surface area contributed by atoms with Crippen molar-refractivity contribution >= 4 is 72.4 Å². The number of carbonyl (C=O) groups excluding carboxylic acids is 1. The predicted molar refractivity (Wildman–Crippen MR) is 94.5 cm³/mol. The van der Waals surface area contributed by atoms with Gasteiger partial charge in [0.15, 0.2) is 5.11 Å². The number of hydrogen-bond donors (Lipinski definition) is 4. The first kappa shape index (κ1) is 16.3. The number of benzene rings is 1. The van der Waals surface area contributed by atoms with Crippen LogP contribution < -0.4 is 16.2 Å². The Morgan fingerprint density at radius 2 is 1.86 bits per heavy atom. The largest absolute Gasteiger partial charge is 0.344 e. The first-order chi connectivity index (χ1) is 9.95. The minimum atomic E-state index is -0.346. The summed E-state index contributed by atoms with van der Waals surface area (Å²) < 4.78 is 1.45. The van der Waals surface area contributed by atoms with Gasteiger partial charge in [-0.3, -0.25) is 15.6 Å². The molecule has 0 saturated carbocycles. The van der Waals surface area contributed by atoms with Crippen molar-refractivity contribution in [2.24, 2.45) is 0 Å². The quantitative estimate of drug-likeness (QED) is 0.413. The van der Waals surface area contributed by atoms with E-state index in [0.29, 0.717) is 15.3 Å². The fourth-order valence-corrected chi connectivity index (χ4v) is 2.35. The maximum absolute atomic E-state index is 11.9. The van der Waals surface area contributed by atoms with Crippen LogP contribution >= 0.6 is 55.7 Å². The highest BCUT2D eigenvalue weighted by atomic mass is 79.9. The average molecular weight is 453 g/mol. The van der Waals surface area contributed by atoms with Crippen LogP contribution in [0.1, 0.15) is 10.5 Å². The Kier molecular flexibility index (Phi) is 5.63. The molecule has 5 nitrogen and oxygen atoms in total. The Bertz CT molecular complexity index is 655. The SMILES string of the molecule is O=C(NNC(=S)Nc1ccc(Cl)cc1)c1cc(Br)c(Br)[nH]1. The fraction of sp³-hybridized carbons (Fsp3) is 0. The predicted octanol–water partition coefficient (Wildman–Crippen LogP) is 3.82. The van der Waals surface area contributed by atoms with E-state index in [1.165, 1.54) is 0 Å². The van der Waals surface area contributed by atoms with E-state index in [-0.39, 0.29) is 11.0 Å². The van der Waals surface area contributed by atoms with Gasteiger partial charge >= 0.3 is 0 Å². The molecule has 1 aromatic heterocycles. The van der Waals surface area contributed by atoms with Crippen LogP contribution in [0.5, 0.6) is 0 Å². The molecule has 4 N–H and O–H groups in total. The van der Waals surface area contributed by atoms with Gasteiger partial charge in [0, 0.05) is 10.7 Å². The second-order valence-corrected chi connectivity index (χ2v) is 6.38. The van der Waals surface area contributed by atoms with Gasteiger partial charge < -0.3 is 10.3 Å². The highest BCUT2D eigenvalue weighted by molar-refractivity contribution is 9.13. The number of rotatable bonds is 2. The number of aromatic nitrogens is 1. The lowest BCUT2D eigenvalue weighted by Gasteiger charge is -2.11. The van der Waals surface area contributed by atoms with E-state index in [4.69, 9.17) is 23.8 Å². The monoisotopic (exact) mass is 450 g/mol. The summed E-state index contributed by atoms with van der Waals surface area (Å²) in [6.07, 6.45) is 0. The zero-order valence-corrected chi connectivity index (χ0v) is 15.1. The molecule has 1 amide bonds. The topological polar surface area (TPSA) is 69.0 Å². The van der Waals surface area contributed by atoms with E-state index in [1.807, 2.05) is 0 Å². The van der Waals surface area contributed by atoms with Crippen molar-refractivity contribution in [1.29, 1.82) is 0 Å². The van der Waals surface area contributed by atoms with Gasteiger partial charge in [-0.05, 0) is 74.4 Å². The highest BCUT2D eigenvalue weighted by Gasteiger charge is 2.11. The number of nitrogens with one attached hydrogen (secondary N) is 4. The number of thiocarbonyl (C=S) groups is 1. The molecule has 2 aromatic rings. The van der Waals surface area contributed by atoms with Crippen LogP contribution in [0, 0.1) is 0 Å². The van der Waals surface area contributed by atoms with Crippen molar-refractivity contribution in [3.05, 3.63) is 50.1 Å². The van der Waals surface area contributed by atoms with Crippen LogP contribution in [0.3, 0.4) is 0 Å². The van der Waals surface area contributed by atoms with Gasteiger partial charge in [-0.2, -0.15) is 0 Å². The number of anilines is 1. The number of hydrazine groups is 1. The van der Waals surface area contributed by atoms with Crippen molar-refractivity contribution in [3.8, 4) is 0 Å². The lowest BCUT2D eigenvalue weighted by molar-refractivity contribution is 0.0939. The molecule has 1 aromatic carbocycles. The van der Waals surface area contributed by atoms with E-state index < -0.39 is 0 Å². The molecule has 0 radical (unpaired) electrons. The van der Waals surface area contributed by atoms with Crippen molar-refractivity contribution in [2.75, 3.05) is 5.32 Å². The summed E-state index contributed by atoms with van der Waals surface area (Å²) in [4.78, 5) is 14.7. The summed E-state index contributed by atoms with van der Waals surface area (Å²) in [6, 6.07) is 8.67. The molecule has 2 rings (SSSR count). The van der Waals surface area contributed by atoms with Gasteiger partial charge in [0.25, 0.3) is 5.91 Å². The van der Waals surface area contributed by atoms with Crippen molar-refractivity contribution in [1.82, 2.24) is 15.8 Å². The van der Waals surface area contributed by atoms with Gasteiger partial charge in [-0.1, -0.05) is 11.6 Å². The molecule has 21 heavy (non-hydrogen) atoms. The minimum absolute atomic E-state index is 0.260. The van der Waals surface area contributed by atoms with Crippen molar-refractivity contribution in [3.63, 3.8) is 0 Å². The van der Waals surface area contributed by atoms with Crippen LogP contribution in [-0.4, -0.2) is 16.0 Å². The van der Waals surface area contributed by atoms with Gasteiger partial charge in [-0.25, -0.2) is 0 Å². The van der Waals surface area contributed by atoms with Crippen LogP contribution in [0.2, 0.25) is 5.02 Å². The molecule has 1 heterocycles. The zero-order chi connectivity index (χ0) is 15.4. The number of carbonyl (C=O) groups is 1. The van der Waals surface area contributed by atoms with E-state index in [9.17, 15) is 4.79 Å². The maximum atomic E-state index is 11.9. The molecule has 0 saturated heterocycles. The Morgan fingerprint density at radius 3 is 2.43 bits per heavy atom. The van der Waals surface area contributed by atoms with Gasteiger partial charge in [0.05, 0.1) is 9.08 Å². The third kappa shape index (κ3) is 4.70. The molecular weight excluding hydrogens is 443 g/mol. The first-order valence-electron chi connectivity index (χ1n) is 5.62. The average Bonchev–Trinajstić information content (AvgIpc) is 2.79. The third-order valence-electron chi connectivity index (χ3n) is 2.36. The number of H-pyrrole nitrogens is 1. The second kappa shape index (κ2) is 7.26. The van der Waals surface area contributed by atoms with Gasteiger partial charge in [0.2, 0.25) is 0 Å². The molecule has 110 valence electrons. The smallest absolute Gasteiger partial charge is 0.286 e. The summed E-state index contributed by atoms with van der Waals surface area (Å²) >= 11 is 17.4. The number of amides is 1. The van der Waals surface area contributed by atoms with Crippen LogP contribution in [0.25, 0.3) is 0 Å². The molecule has 0 bridgehead atoms. The lowest BCUT2D eigenvalue weighted by Crippen LogP contribution is -2.43. The minimum Gasteiger partial charge on any atom is -0.344 e. The molecular formula is C12H9Br2ClN4OS. The van der Waals surface area contributed by atoms with Crippen LogP contribution in [0.15, 0.2) is 39.4 Å². The first-order valence-corrected chi connectivity index (χ1v) is 8.00. The molecule has 0 fully saturated rings. The summed E-state index contributed by atoms with van der Waals surface area (Å²) in [5.41, 5.74) is 6.23. The summed E-state index contributed by atoms with van der Waals surface area (Å²) in [5.74, 6) is -0.346. The second-order valence-electron chi connectivity index (χ2n) is 3.89. The summed E-state index contributed by atoms with van der Waals surface area (Å²) in [7, 11) is 0. The number of halogens is 3. The fourth-order valence-electron chi connectivity index (χ4n) is 1.40. The van der Waals surface area contributed by atoms with Crippen LogP contribution in [0.4, 0.5) is 5.69 Å². The van der Waals surface area contributed by atoms with Crippen LogP contribution in [-0.2, 0) is 0 Å².